The predicted molar refractivity (Wildman–Crippen MR) is 75.7 cm³/mol. The number of nitrogens with one attached hydrogen (secondary N) is 2. The summed E-state index contributed by atoms with van der Waals surface area (Å²) in [5, 5.41) is 6.01. The second-order valence-electron chi connectivity index (χ2n) is 6.36. The molecule has 0 saturated carbocycles. The van der Waals surface area contributed by atoms with Crippen molar-refractivity contribution in [1.29, 1.82) is 0 Å². The van der Waals surface area contributed by atoms with Gasteiger partial charge in [0.15, 0.2) is 0 Å². The van der Waals surface area contributed by atoms with Gasteiger partial charge in [-0.05, 0) is 26.8 Å². The summed E-state index contributed by atoms with van der Waals surface area (Å²) >= 11 is 0. The van der Waals surface area contributed by atoms with Gasteiger partial charge in [0.1, 0.15) is 6.04 Å². The maximum absolute atomic E-state index is 12.3. The van der Waals surface area contributed by atoms with Crippen molar-refractivity contribution in [3.8, 4) is 0 Å². The molecule has 0 aromatic rings. The lowest BCUT2D eigenvalue weighted by Crippen LogP contribution is -2.54. The second-order valence-corrected chi connectivity index (χ2v) is 6.36. The molecule has 1 fully saturated rings. The van der Waals surface area contributed by atoms with Crippen molar-refractivity contribution in [2.75, 3.05) is 20.1 Å². The molecule has 1 aliphatic heterocycles. The Balaban J connectivity index is 2.55. The van der Waals surface area contributed by atoms with Gasteiger partial charge in [-0.3, -0.25) is 9.59 Å². The van der Waals surface area contributed by atoms with E-state index >= 15 is 0 Å². The lowest BCUT2D eigenvalue weighted by Gasteiger charge is -2.34. The van der Waals surface area contributed by atoms with E-state index in [4.69, 9.17) is 0 Å². The van der Waals surface area contributed by atoms with Gasteiger partial charge in [0.25, 0.3) is 0 Å². The topological polar surface area (TPSA) is 61.4 Å². The number of hydrogen-bond donors (Lipinski definition) is 2. The first-order valence-electron chi connectivity index (χ1n) is 7.02. The summed E-state index contributed by atoms with van der Waals surface area (Å²) in [6.45, 7) is 8.80. The van der Waals surface area contributed by atoms with Gasteiger partial charge in [-0.2, -0.15) is 0 Å². The van der Waals surface area contributed by atoms with Crippen LogP contribution in [0.5, 0.6) is 0 Å². The Morgan fingerprint density at radius 1 is 1.32 bits per heavy atom. The fourth-order valence-corrected chi connectivity index (χ4v) is 2.16. The first-order valence-corrected chi connectivity index (χ1v) is 7.02. The predicted octanol–water partition coefficient (Wildman–Crippen LogP) is 0.748. The van der Waals surface area contributed by atoms with Crippen LogP contribution in [0.2, 0.25) is 0 Å². The Kier molecular flexibility index (Phi) is 5.35. The van der Waals surface area contributed by atoms with E-state index in [1.165, 1.54) is 0 Å². The highest BCUT2D eigenvalue weighted by Gasteiger charge is 2.29. The smallest absolute Gasteiger partial charge is 0.244 e. The Morgan fingerprint density at radius 3 is 2.47 bits per heavy atom. The van der Waals surface area contributed by atoms with E-state index in [1.807, 2.05) is 32.7 Å². The van der Waals surface area contributed by atoms with Gasteiger partial charge in [0, 0.05) is 24.5 Å². The van der Waals surface area contributed by atoms with Crippen LogP contribution >= 0.6 is 0 Å². The highest BCUT2D eigenvalue weighted by molar-refractivity contribution is 5.89. The van der Waals surface area contributed by atoms with E-state index in [1.54, 1.807) is 6.92 Å². The fourth-order valence-electron chi connectivity index (χ4n) is 2.16. The molecular weight excluding hydrogens is 242 g/mol. The number of carbonyl (C=O) groups is 2. The molecule has 110 valence electrons. The Labute approximate surface area is 116 Å². The van der Waals surface area contributed by atoms with Crippen LogP contribution in [0.15, 0.2) is 0 Å². The average molecular weight is 269 g/mol. The number of likely N-dealkylation sites (tertiary alicyclic amines) is 1. The summed E-state index contributed by atoms with van der Waals surface area (Å²) in [7, 11) is 1.92. The summed E-state index contributed by atoms with van der Waals surface area (Å²) in [6, 6.07) is -0.0921. The third-order valence-electron chi connectivity index (χ3n) is 3.54. The summed E-state index contributed by atoms with van der Waals surface area (Å²) < 4.78 is 0. The van der Waals surface area contributed by atoms with Crippen LogP contribution in [0.25, 0.3) is 0 Å². The van der Waals surface area contributed by atoms with Crippen LogP contribution < -0.4 is 10.6 Å². The highest BCUT2D eigenvalue weighted by atomic mass is 16.2. The number of hydrogen-bond acceptors (Lipinski definition) is 3. The van der Waals surface area contributed by atoms with Gasteiger partial charge < -0.3 is 15.5 Å². The van der Waals surface area contributed by atoms with E-state index in [-0.39, 0.29) is 11.8 Å². The zero-order valence-electron chi connectivity index (χ0n) is 12.7. The Morgan fingerprint density at radius 2 is 1.95 bits per heavy atom. The third-order valence-corrected chi connectivity index (χ3v) is 3.54. The first kappa shape index (κ1) is 16.0. The second kappa shape index (κ2) is 6.37. The van der Waals surface area contributed by atoms with E-state index < -0.39 is 11.5 Å². The SMILES string of the molecule is CNC1CCCN(C(=O)C(C)NC(=O)C(C)(C)C)C1. The molecule has 0 aromatic carbocycles. The minimum absolute atomic E-state index is 0.0116. The van der Waals surface area contributed by atoms with E-state index in [9.17, 15) is 9.59 Å². The molecule has 1 heterocycles. The van der Waals surface area contributed by atoms with Crippen molar-refractivity contribution in [3.05, 3.63) is 0 Å². The van der Waals surface area contributed by atoms with Gasteiger partial charge >= 0.3 is 0 Å². The third kappa shape index (κ3) is 4.49. The molecule has 2 N–H and O–H groups in total. The Hall–Kier alpha value is -1.10. The lowest BCUT2D eigenvalue weighted by molar-refractivity contribution is -0.139. The van der Waals surface area contributed by atoms with E-state index in [0.29, 0.717) is 6.04 Å². The fraction of sp³-hybridized carbons (Fsp3) is 0.857. The molecule has 5 nitrogen and oxygen atoms in total. The zero-order valence-corrected chi connectivity index (χ0v) is 12.7. The zero-order chi connectivity index (χ0) is 14.6. The molecule has 0 aliphatic carbocycles. The van der Waals surface area contributed by atoms with Crippen molar-refractivity contribution >= 4 is 11.8 Å². The van der Waals surface area contributed by atoms with Crippen molar-refractivity contribution in [2.45, 2.75) is 52.6 Å². The van der Waals surface area contributed by atoms with Gasteiger partial charge in [-0.25, -0.2) is 0 Å². The number of carbonyl (C=O) groups excluding carboxylic acids is 2. The van der Waals surface area contributed by atoms with Gasteiger partial charge in [-0.15, -0.1) is 0 Å². The van der Waals surface area contributed by atoms with Gasteiger partial charge in [0.05, 0.1) is 0 Å². The van der Waals surface area contributed by atoms with Crippen LogP contribution in [0, 0.1) is 5.41 Å². The largest absolute Gasteiger partial charge is 0.344 e. The van der Waals surface area contributed by atoms with Crippen molar-refractivity contribution in [1.82, 2.24) is 15.5 Å². The maximum Gasteiger partial charge on any atom is 0.244 e. The van der Waals surface area contributed by atoms with Crippen LogP contribution in [0.1, 0.15) is 40.5 Å². The van der Waals surface area contributed by atoms with Crippen molar-refractivity contribution in [2.24, 2.45) is 5.41 Å². The van der Waals surface area contributed by atoms with E-state index in [0.717, 1.165) is 25.9 Å². The first-order chi connectivity index (χ1) is 8.75. The van der Waals surface area contributed by atoms with Crippen molar-refractivity contribution < 1.29 is 9.59 Å². The normalized spacial score (nSPS) is 21.9. The standard InChI is InChI=1S/C14H27N3O2/c1-10(16-13(19)14(2,3)4)12(18)17-8-6-7-11(9-17)15-5/h10-11,15H,6-9H2,1-5H3,(H,16,19). The lowest BCUT2D eigenvalue weighted by atomic mass is 9.95. The molecule has 19 heavy (non-hydrogen) atoms. The molecule has 1 aliphatic rings. The average Bonchev–Trinajstić information content (AvgIpc) is 2.36. The van der Waals surface area contributed by atoms with Crippen LogP contribution in [0.4, 0.5) is 0 Å². The monoisotopic (exact) mass is 269 g/mol. The molecule has 2 unspecified atom stereocenters. The number of nitrogens with zero attached hydrogens (tertiary/aromatic N) is 1. The molecule has 0 radical (unpaired) electrons. The molecule has 2 atom stereocenters. The summed E-state index contributed by atoms with van der Waals surface area (Å²) in [5.41, 5.74) is -0.468. The summed E-state index contributed by atoms with van der Waals surface area (Å²) in [4.78, 5) is 26.0. The summed E-state index contributed by atoms with van der Waals surface area (Å²) in [5.74, 6) is -0.0759. The molecule has 0 aromatic heterocycles. The number of piperidine rings is 1. The molecule has 1 saturated heterocycles. The number of rotatable bonds is 3. The van der Waals surface area contributed by atoms with E-state index in [2.05, 4.69) is 10.6 Å². The minimum Gasteiger partial charge on any atom is -0.344 e. The molecule has 2 amide bonds. The molecule has 0 bridgehead atoms. The van der Waals surface area contributed by atoms with Gasteiger partial charge in [0.2, 0.25) is 11.8 Å². The van der Waals surface area contributed by atoms with Gasteiger partial charge in [-0.1, -0.05) is 20.8 Å². The maximum atomic E-state index is 12.3. The molecule has 1 rings (SSSR count). The van der Waals surface area contributed by atoms with Crippen LogP contribution in [-0.2, 0) is 9.59 Å². The van der Waals surface area contributed by atoms with Crippen molar-refractivity contribution in [3.63, 3.8) is 0 Å². The molecule has 5 heteroatoms. The minimum atomic E-state index is -0.468. The Bertz CT molecular complexity index is 336. The molecule has 0 spiro atoms. The summed E-state index contributed by atoms with van der Waals surface area (Å²) in [6.07, 6.45) is 2.11. The van der Waals surface area contributed by atoms with Crippen LogP contribution in [-0.4, -0.2) is 48.9 Å². The quantitative estimate of drug-likeness (QED) is 0.795. The molecular formula is C14H27N3O2. The number of amides is 2. The van der Waals surface area contributed by atoms with Crippen LogP contribution in [0.3, 0.4) is 0 Å². The highest BCUT2D eigenvalue weighted by Crippen LogP contribution is 2.14. The number of likely N-dealkylation sites (N-methyl/N-ethyl adjacent to an activating group) is 1.